The normalized spacial score (nSPS) is 10.5. The monoisotopic (exact) mass is 347 g/mol. The molecule has 21 heavy (non-hydrogen) atoms. The second kappa shape index (κ2) is 6.85. The van der Waals surface area contributed by atoms with Gasteiger partial charge in [-0.05, 0) is 44.0 Å². The second-order valence-electron chi connectivity index (χ2n) is 4.73. The van der Waals surface area contributed by atoms with E-state index in [2.05, 4.69) is 20.9 Å². The summed E-state index contributed by atoms with van der Waals surface area (Å²) in [5.74, 6) is -0.300. The second-order valence-corrected chi connectivity index (χ2v) is 5.65. The van der Waals surface area contributed by atoms with Crippen LogP contribution >= 0.6 is 15.9 Å². The molecule has 1 aromatic heterocycles. The Balaban J connectivity index is 2.53. The zero-order valence-electron chi connectivity index (χ0n) is 12.4. The predicted molar refractivity (Wildman–Crippen MR) is 87.4 cm³/mol. The van der Waals surface area contributed by atoms with Gasteiger partial charge in [0.1, 0.15) is 0 Å². The molecule has 0 saturated carbocycles. The SMILES string of the molecule is CCOC(=O)c1cc(C)c(-c2cccc(Br)c2)nc1CC. The molecule has 0 aliphatic rings. The zero-order chi connectivity index (χ0) is 15.4. The molecular formula is C17H18BrNO2. The van der Waals surface area contributed by atoms with E-state index in [9.17, 15) is 4.79 Å². The number of hydrogen-bond acceptors (Lipinski definition) is 3. The van der Waals surface area contributed by atoms with Crippen molar-refractivity contribution in [2.75, 3.05) is 6.61 Å². The van der Waals surface area contributed by atoms with E-state index in [1.54, 1.807) is 6.92 Å². The average molecular weight is 348 g/mol. The molecule has 1 aromatic carbocycles. The maximum absolute atomic E-state index is 12.0. The Hall–Kier alpha value is -1.68. The molecule has 0 radical (unpaired) electrons. The molecule has 0 bridgehead atoms. The summed E-state index contributed by atoms with van der Waals surface area (Å²) in [6.45, 7) is 6.13. The fourth-order valence-electron chi connectivity index (χ4n) is 2.23. The standard InChI is InChI=1S/C17H18BrNO2/c1-4-15-14(17(20)21-5-2)9-11(3)16(19-15)12-7-6-8-13(18)10-12/h6-10H,4-5H2,1-3H3. The number of esters is 1. The van der Waals surface area contributed by atoms with Gasteiger partial charge >= 0.3 is 5.97 Å². The number of rotatable bonds is 4. The minimum Gasteiger partial charge on any atom is -0.462 e. The first kappa shape index (κ1) is 15.7. The number of ether oxygens (including phenoxy) is 1. The summed E-state index contributed by atoms with van der Waals surface area (Å²) in [5, 5.41) is 0. The highest BCUT2D eigenvalue weighted by Gasteiger charge is 2.16. The van der Waals surface area contributed by atoms with Crippen LogP contribution in [0.3, 0.4) is 0 Å². The van der Waals surface area contributed by atoms with Gasteiger partial charge in [-0.2, -0.15) is 0 Å². The third kappa shape index (κ3) is 3.50. The highest BCUT2D eigenvalue weighted by atomic mass is 79.9. The maximum Gasteiger partial charge on any atom is 0.339 e. The van der Waals surface area contributed by atoms with Crippen molar-refractivity contribution in [2.45, 2.75) is 27.2 Å². The molecule has 4 heteroatoms. The van der Waals surface area contributed by atoms with E-state index in [1.165, 1.54) is 0 Å². The lowest BCUT2D eigenvalue weighted by atomic mass is 10.0. The molecule has 0 amide bonds. The van der Waals surface area contributed by atoms with Crippen LogP contribution in [0.25, 0.3) is 11.3 Å². The van der Waals surface area contributed by atoms with Crippen LogP contribution in [0.4, 0.5) is 0 Å². The van der Waals surface area contributed by atoms with E-state index in [4.69, 9.17) is 4.74 Å². The summed E-state index contributed by atoms with van der Waals surface area (Å²) >= 11 is 3.48. The van der Waals surface area contributed by atoms with Gasteiger partial charge in [-0.25, -0.2) is 4.79 Å². The Labute approximate surface area is 133 Å². The van der Waals surface area contributed by atoms with Crippen molar-refractivity contribution in [3.63, 3.8) is 0 Å². The van der Waals surface area contributed by atoms with Crippen LogP contribution in [0.2, 0.25) is 0 Å². The Morgan fingerprint density at radius 2 is 2.05 bits per heavy atom. The molecule has 3 nitrogen and oxygen atoms in total. The minimum atomic E-state index is -0.300. The summed E-state index contributed by atoms with van der Waals surface area (Å²) in [7, 11) is 0. The van der Waals surface area contributed by atoms with Gasteiger partial charge in [0.25, 0.3) is 0 Å². The van der Waals surface area contributed by atoms with Crippen LogP contribution in [0, 0.1) is 6.92 Å². The predicted octanol–water partition coefficient (Wildman–Crippen LogP) is 4.56. The van der Waals surface area contributed by atoms with Crippen LogP contribution in [0.5, 0.6) is 0 Å². The molecule has 0 N–H and O–H groups in total. The molecule has 2 rings (SSSR count). The summed E-state index contributed by atoms with van der Waals surface area (Å²) in [6, 6.07) is 9.88. The molecule has 1 heterocycles. The third-order valence-corrected chi connectivity index (χ3v) is 3.71. The topological polar surface area (TPSA) is 39.2 Å². The molecule has 110 valence electrons. The highest BCUT2D eigenvalue weighted by Crippen LogP contribution is 2.26. The lowest BCUT2D eigenvalue weighted by Gasteiger charge is -2.12. The van der Waals surface area contributed by atoms with Gasteiger partial charge in [-0.1, -0.05) is 35.0 Å². The zero-order valence-corrected chi connectivity index (χ0v) is 14.0. The van der Waals surface area contributed by atoms with Crippen LogP contribution in [-0.2, 0) is 11.2 Å². The molecule has 0 unspecified atom stereocenters. The Morgan fingerprint density at radius 1 is 1.29 bits per heavy atom. The summed E-state index contributed by atoms with van der Waals surface area (Å²) in [5.41, 5.74) is 4.24. The summed E-state index contributed by atoms with van der Waals surface area (Å²) in [4.78, 5) is 16.7. The smallest absolute Gasteiger partial charge is 0.339 e. The average Bonchev–Trinajstić information content (AvgIpc) is 2.47. The first-order chi connectivity index (χ1) is 10.1. The fraction of sp³-hybridized carbons (Fsp3) is 0.294. The van der Waals surface area contributed by atoms with Crippen molar-refractivity contribution in [3.05, 3.63) is 51.6 Å². The minimum absolute atomic E-state index is 0.300. The van der Waals surface area contributed by atoms with Gasteiger partial charge in [-0.15, -0.1) is 0 Å². The first-order valence-electron chi connectivity index (χ1n) is 7.00. The number of pyridine rings is 1. The van der Waals surface area contributed by atoms with Crippen LogP contribution < -0.4 is 0 Å². The molecule has 0 spiro atoms. The van der Waals surface area contributed by atoms with Crippen molar-refractivity contribution in [2.24, 2.45) is 0 Å². The number of aromatic nitrogens is 1. The Morgan fingerprint density at radius 3 is 2.67 bits per heavy atom. The molecule has 0 aliphatic heterocycles. The molecule has 0 atom stereocenters. The summed E-state index contributed by atoms with van der Waals surface area (Å²) in [6.07, 6.45) is 0.690. The molecule has 2 aromatic rings. The molecule has 0 aliphatic carbocycles. The van der Waals surface area contributed by atoms with Crippen molar-refractivity contribution in [3.8, 4) is 11.3 Å². The van der Waals surface area contributed by atoms with E-state index in [1.807, 2.05) is 44.2 Å². The fourth-order valence-corrected chi connectivity index (χ4v) is 2.63. The Bertz CT molecular complexity index is 668. The first-order valence-corrected chi connectivity index (χ1v) is 7.79. The number of halogens is 1. The summed E-state index contributed by atoms with van der Waals surface area (Å²) < 4.78 is 6.11. The van der Waals surface area contributed by atoms with Crippen LogP contribution in [0.15, 0.2) is 34.8 Å². The number of hydrogen-bond donors (Lipinski definition) is 0. The third-order valence-electron chi connectivity index (χ3n) is 3.22. The van der Waals surface area contributed by atoms with Crippen LogP contribution in [0.1, 0.15) is 35.5 Å². The van der Waals surface area contributed by atoms with E-state index < -0.39 is 0 Å². The highest BCUT2D eigenvalue weighted by molar-refractivity contribution is 9.10. The number of carbonyl (C=O) groups is 1. The van der Waals surface area contributed by atoms with Gasteiger partial charge in [0.05, 0.1) is 23.6 Å². The van der Waals surface area contributed by atoms with Gasteiger partial charge in [0.15, 0.2) is 0 Å². The van der Waals surface area contributed by atoms with Crippen molar-refractivity contribution in [1.29, 1.82) is 0 Å². The van der Waals surface area contributed by atoms with Crippen molar-refractivity contribution in [1.82, 2.24) is 4.98 Å². The number of benzene rings is 1. The lowest BCUT2D eigenvalue weighted by Crippen LogP contribution is -2.11. The molecule has 0 saturated heterocycles. The van der Waals surface area contributed by atoms with Crippen molar-refractivity contribution >= 4 is 21.9 Å². The molecular weight excluding hydrogens is 330 g/mol. The maximum atomic E-state index is 12.0. The number of nitrogens with zero attached hydrogens (tertiary/aromatic N) is 1. The van der Waals surface area contributed by atoms with Gasteiger partial charge in [0.2, 0.25) is 0 Å². The van der Waals surface area contributed by atoms with E-state index >= 15 is 0 Å². The van der Waals surface area contributed by atoms with E-state index in [-0.39, 0.29) is 5.97 Å². The number of carbonyl (C=O) groups excluding carboxylic acids is 1. The van der Waals surface area contributed by atoms with Gasteiger partial charge in [-0.3, -0.25) is 4.98 Å². The van der Waals surface area contributed by atoms with Crippen LogP contribution in [-0.4, -0.2) is 17.6 Å². The van der Waals surface area contributed by atoms with E-state index in [0.29, 0.717) is 18.6 Å². The van der Waals surface area contributed by atoms with E-state index in [0.717, 1.165) is 27.0 Å². The quantitative estimate of drug-likeness (QED) is 0.761. The lowest BCUT2D eigenvalue weighted by molar-refractivity contribution is 0.0524. The number of aryl methyl sites for hydroxylation is 2. The van der Waals surface area contributed by atoms with Gasteiger partial charge < -0.3 is 4.74 Å². The van der Waals surface area contributed by atoms with Crippen molar-refractivity contribution < 1.29 is 9.53 Å². The largest absolute Gasteiger partial charge is 0.462 e. The Kier molecular flexibility index (Phi) is 5.12. The molecule has 0 fully saturated rings. The van der Waals surface area contributed by atoms with Gasteiger partial charge in [0, 0.05) is 10.0 Å².